The van der Waals surface area contributed by atoms with Gasteiger partial charge in [-0.15, -0.1) is 5.06 Å². The molecule has 0 N–H and O–H groups in total. The molecule has 290 valence electrons. The molecule has 9 nitrogen and oxygen atoms in total. The van der Waals surface area contributed by atoms with Gasteiger partial charge in [-0.2, -0.15) is 0 Å². The Balaban J connectivity index is 2.38. The summed E-state index contributed by atoms with van der Waals surface area (Å²) in [4.78, 5) is 70.0. The average molecular weight is 706 g/mol. The number of amides is 4. The van der Waals surface area contributed by atoms with Crippen molar-refractivity contribution in [2.75, 3.05) is 26.7 Å². The molecule has 0 aromatic rings. The predicted octanol–water partition coefficient (Wildman–Crippen LogP) is 9.84. The third-order valence-corrected chi connectivity index (χ3v) is 9.95. The van der Waals surface area contributed by atoms with Gasteiger partial charge >= 0.3 is 5.97 Å². The minimum Gasteiger partial charge on any atom is -0.333 e. The number of carbonyl (C=O) groups excluding carboxylic acids is 5. The smallest absolute Gasteiger partial charge is 0.333 e. The van der Waals surface area contributed by atoms with Crippen molar-refractivity contribution in [2.24, 2.45) is 0 Å². The summed E-state index contributed by atoms with van der Waals surface area (Å²) in [7, 11) is 1.47. The van der Waals surface area contributed by atoms with E-state index in [1.807, 2.05) is 0 Å². The lowest BCUT2D eigenvalue weighted by molar-refractivity contribution is -0.198. The Morgan fingerprint density at radius 2 is 0.880 bits per heavy atom. The molecule has 1 fully saturated rings. The van der Waals surface area contributed by atoms with E-state index in [1.54, 1.807) is 4.90 Å². The summed E-state index contributed by atoms with van der Waals surface area (Å²) in [5.41, 5.74) is 0. The van der Waals surface area contributed by atoms with Crippen molar-refractivity contribution in [3.8, 4) is 0 Å². The van der Waals surface area contributed by atoms with Crippen LogP contribution in [-0.2, 0) is 28.8 Å². The normalized spacial score (nSPS) is 12.9. The van der Waals surface area contributed by atoms with E-state index < -0.39 is 24.3 Å². The van der Waals surface area contributed by atoms with E-state index in [-0.39, 0.29) is 31.2 Å². The summed E-state index contributed by atoms with van der Waals surface area (Å²) in [6.45, 7) is 4.53. The highest BCUT2D eigenvalue weighted by atomic mass is 16.7. The van der Waals surface area contributed by atoms with E-state index in [4.69, 9.17) is 4.84 Å². The van der Waals surface area contributed by atoms with Crippen molar-refractivity contribution >= 4 is 29.6 Å². The second kappa shape index (κ2) is 31.3. The van der Waals surface area contributed by atoms with Gasteiger partial charge in [0.05, 0.1) is 6.54 Å². The second-order valence-corrected chi connectivity index (χ2v) is 14.7. The number of unbranched alkanes of at least 4 members (excludes halogenated alkanes) is 25. The quantitative estimate of drug-likeness (QED) is 0.0488. The summed E-state index contributed by atoms with van der Waals surface area (Å²) in [6, 6.07) is 0. The monoisotopic (exact) mass is 706 g/mol. The summed E-state index contributed by atoms with van der Waals surface area (Å²) in [5.74, 6) is -2.36. The highest BCUT2D eigenvalue weighted by molar-refractivity contribution is 6.01. The summed E-state index contributed by atoms with van der Waals surface area (Å²) < 4.78 is 0. The molecule has 0 radical (unpaired) electrons. The number of hydroxylamine groups is 2. The van der Waals surface area contributed by atoms with Crippen LogP contribution < -0.4 is 0 Å². The summed E-state index contributed by atoms with van der Waals surface area (Å²) >= 11 is 0. The first-order valence-corrected chi connectivity index (χ1v) is 20.9. The zero-order valence-corrected chi connectivity index (χ0v) is 32.6. The highest BCUT2D eigenvalue weighted by Gasteiger charge is 2.33. The molecule has 0 aromatic carbocycles. The molecule has 1 aliphatic rings. The van der Waals surface area contributed by atoms with E-state index >= 15 is 0 Å². The molecule has 1 rings (SSSR count). The van der Waals surface area contributed by atoms with Crippen molar-refractivity contribution in [3.63, 3.8) is 0 Å². The lowest BCUT2D eigenvalue weighted by atomic mass is 10.0. The first-order chi connectivity index (χ1) is 24.3. The topological polar surface area (TPSA) is 104 Å². The zero-order valence-electron chi connectivity index (χ0n) is 32.6. The number of likely N-dealkylation sites (N-methyl/N-ethyl adjacent to an activating group) is 1. The van der Waals surface area contributed by atoms with Crippen molar-refractivity contribution in [1.29, 1.82) is 0 Å². The van der Waals surface area contributed by atoms with Gasteiger partial charge in [0.2, 0.25) is 11.8 Å². The molecular formula is C41H75N3O6. The Bertz CT molecular complexity index is 910. The van der Waals surface area contributed by atoms with E-state index in [0.717, 1.165) is 38.5 Å². The largest absolute Gasteiger partial charge is 0.352 e. The van der Waals surface area contributed by atoms with E-state index in [0.29, 0.717) is 18.0 Å². The molecule has 1 heterocycles. The molecule has 4 amide bonds. The minimum atomic E-state index is -0.860. The number of carbonyl (C=O) groups is 5. The lowest BCUT2D eigenvalue weighted by Gasteiger charge is -2.25. The Kier molecular flexibility index (Phi) is 28.5. The molecule has 0 aromatic heterocycles. The fourth-order valence-electron chi connectivity index (χ4n) is 6.60. The Morgan fingerprint density at radius 3 is 1.28 bits per heavy atom. The van der Waals surface area contributed by atoms with Crippen LogP contribution in [0.1, 0.15) is 206 Å². The van der Waals surface area contributed by atoms with Gasteiger partial charge in [-0.3, -0.25) is 19.2 Å². The molecule has 0 unspecified atom stereocenters. The van der Waals surface area contributed by atoms with Crippen LogP contribution in [0.3, 0.4) is 0 Å². The number of rotatable bonds is 34. The third-order valence-electron chi connectivity index (χ3n) is 9.95. The molecule has 1 aliphatic heterocycles. The fraction of sp³-hybridized carbons (Fsp3) is 0.878. The van der Waals surface area contributed by atoms with Gasteiger partial charge in [0.15, 0.2) is 0 Å². The van der Waals surface area contributed by atoms with Crippen LogP contribution in [0.15, 0.2) is 0 Å². The molecule has 9 heteroatoms. The SMILES string of the molecule is CCCCCCCCCCCCCCCCN(CC(=O)N(C)CC(=O)ON1C(=O)CCC1=O)C(=O)CCCCCCCCCCCCCCC. The fourth-order valence-corrected chi connectivity index (χ4v) is 6.60. The maximum atomic E-state index is 13.3. The minimum absolute atomic E-state index is 0.0104. The van der Waals surface area contributed by atoms with Gasteiger partial charge in [0.25, 0.3) is 11.8 Å². The number of hydrogen-bond donors (Lipinski definition) is 0. The van der Waals surface area contributed by atoms with Gasteiger partial charge in [-0.05, 0) is 12.8 Å². The highest BCUT2D eigenvalue weighted by Crippen LogP contribution is 2.16. The number of hydrogen-bond acceptors (Lipinski definition) is 6. The number of nitrogens with zero attached hydrogens (tertiary/aromatic N) is 3. The van der Waals surface area contributed by atoms with Gasteiger partial charge in [0, 0.05) is 32.9 Å². The molecule has 1 saturated heterocycles. The molecule has 50 heavy (non-hydrogen) atoms. The van der Waals surface area contributed by atoms with Crippen molar-refractivity contribution in [3.05, 3.63) is 0 Å². The van der Waals surface area contributed by atoms with Crippen LogP contribution in [0.5, 0.6) is 0 Å². The molecule has 0 saturated carbocycles. The zero-order chi connectivity index (χ0) is 36.7. The number of imide groups is 1. The first-order valence-electron chi connectivity index (χ1n) is 20.9. The van der Waals surface area contributed by atoms with E-state index in [1.165, 1.54) is 147 Å². The standard InChI is InChI=1S/C41H75N3O6/c1-4-6-8-10-12-14-16-18-20-22-24-26-28-30-34-43(35-40(48)42(3)36-41(49)50-44-38(46)32-33-39(44)47)37(45)31-29-27-25-23-21-19-17-15-13-11-9-7-5-2/h4-36H2,1-3H3. The first kappa shape index (κ1) is 45.6. The van der Waals surface area contributed by atoms with Crippen LogP contribution in [-0.4, -0.2) is 71.1 Å². The van der Waals surface area contributed by atoms with Crippen LogP contribution in [0.2, 0.25) is 0 Å². The van der Waals surface area contributed by atoms with E-state index in [2.05, 4.69) is 13.8 Å². The maximum Gasteiger partial charge on any atom is 0.352 e. The molecular weight excluding hydrogens is 630 g/mol. The van der Waals surface area contributed by atoms with Gasteiger partial charge in [-0.25, -0.2) is 4.79 Å². The summed E-state index contributed by atoms with van der Waals surface area (Å²) in [5, 5.41) is 0.488. The van der Waals surface area contributed by atoms with Crippen molar-refractivity contribution < 1.29 is 28.8 Å². The third kappa shape index (κ3) is 23.9. The Morgan fingerprint density at radius 1 is 0.520 bits per heavy atom. The van der Waals surface area contributed by atoms with Crippen LogP contribution in [0.4, 0.5) is 0 Å². The molecule has 0 aliphatic carbocycles. The van der Waals surface area contributed by atoms with Gasteiger partial charge < -0.3 is 14.6 Å². The van der Waals surface area contributed by atoms with Gasteiger partial charge in [-0.1, -0.05) is 174 Å². The van der Waals surface area contributed by atoms with E-state index in [9.17, 15) is 24.0 Å². The van der Waals surface area contributed by atoms with Crippen LogP contribution in [0.25, 0.3) is 0 Å². The molecule has 0 bridgehead atoms. The summed E-state index contributed by atoms with van der Waals surface area (Å²) in [6.07, 6.45) is 34.2. The van der Waals surface area contributed by atoms with Crippen molar-refractivity contribution in [2.45, 2.75) is 206 Å². The maximum absolute atomic E-state index is 13.3. The van der Waals surface area contributed by atoms with Crippen molar-refractivity contribution in [1.82, 2.24) is 14.9 Å². The lowest BCUT2D eigenvalue weighted by Crippen LogP contribution is -2.44. The predicted molar refractivity (Wildman–Crippen MR) is 202 cm³/mol. The molecule has 0 atom stereocenters. The Labute approximate surface area is 305 Å². The van der Waals surface area contributed by atoms with Crippen LogP contribution >= 0.6 is 0 Å². The van der Waals surface area contributed by atoms with Gasteiger partial charge in [0.1, 0.15) is 6.54 Å². The van der Waals surface area contributed by atoms with Crippen LogP contribution in [0, 0.1) is 0 Å². The second-order valence-electron chi connectivity index (χ2n) is 14.7. The molecule has 0 spiro atoms. The average Bonchev–Trinajstić information content (AvgIpc) is 3.41. The Hall–Kier alpha value is -2.45.